The predicted molar refractivity (Wildman–Crippen MR) is 69.8 cm³/mol. The molecule has 0 spiro atoms. The molecule has 0 amide bonds. The summed E-state index contributed by atoms with van der Waals surface area (Å²) in [6.45, 7) is 0. The Morgan fingerprint density at radius 1 is 1.28 bits per heavy atom. The third-order valence-corrected chi connectivity index (χ3v) is 4.63. The van der Waals surface area contributed by atoms with E-state index in [9.17, 15) is 13.6 Å². The summed E-state index contributed by atoms with van der Waals surface area (Å²) in [5.41, 5.74) is 0.159. The molecule has 1 fully saturated rings. The second kappa shape index (κ2) is 6.32. The van der Waals surface area contributed by atoms with Crippen molar-refractivity contribution in [3.8, 4) is 0 Å². The summed E-state index contributed by atoms with van der Waals surface area (Å²) in [5.74, 6) is -1.41. The van der Waals surface area contributed by atoms with Crippen molar-refractivity contribution in [2.24, 2.45) is 0 Å². The maximum atomic E-state index is 13.4. The molecule has 1 aromatic rings. The molecule has 98 valence electrons. The Labute approximate surface area is 110 Å². The first-order valence-electron chi connectivity index (χ1n) is 6.23. The summed E-state index contributed by atoms with van der Waals surface area (Å²) in [4.78, 5) is 11.7. The summed E-state index contributed by atoms with van der Waals surface area (Å²) in [6.07, 6.45) is 4.82. The Morgan fingerprint density at radius 2 is 2.00 bits per heavy atom. The van der Waals surface area contributed by atoms with Crippen LogP contribution < -0.4 is 0 Å². The van der Waals surface area contributed by atoms with Crippen LogP contribution in [0, 0.1) is 11.6 Å². The van der Waals surface area contributed by atoms with Crippen molar-refractivity contribution in [3.63, 3.8) is 0 Å². The summed E-state index contributed by atoms with van der Waals surface area (Å²) in [5, 5.41) is 0.575. The molecule has 0 unspecified atom stereocenters. The van der Waals surface area contributed by atoms with Gasteiger partial charge in [-0.3, -0.25) is 4.79 Å². The third-order valence-electron chi connectivity index (χ3n) is 3.20. The molecule has 18 heavy (non-hydrogen) atoms. The molecule has 0 saturated heterocycles. The van der Waals surface area contributed by atoms with Gasteiger partial charge in [0.15, 0.2) is 11.6 Å². The highest BCUT2D eigenvalue weighted by Crippen LogP contribution is 2.29. The van der Waals surface area contributed by atoms with E-state index in [0.29, 0.717) is 11.0 Å². The first kappa shape index (κ1) is 13.5. The minimum atomic E-state index is -0.892. The van der Waals surface area contributed by atoms with E-state index in [-0.39, 0.29) is 17.8 Å². The largest absolute Gasteiger partial charge is 0.298 e. The molecule has 1 aliphatic rings. The van der Waals surface area contributed by atoms with Crippen molar-refractivity contribution in [1.82, 2.24) is 0 Å². The van der Waals surface area contributed by atoms with Crippen LogP contribution in [0.5, 0.6) is 0 Å². The van der Waals surface area contributed by atoms with Gasteiger partial charge in [0.2, 0.25) is 0 Å². The summed E-state index contributed by atoms with van der Waals surface area (Å²) >= 11 is 1.66. The van der Waals surface area contributed by atoms with Crippen LogP contribution in [0.1, 0.15) is 31.2 Å². The topological polar surface area (TPSA) is 17.1 Å². The average molecular weight is 270 g/mol. The molecule has 0 atom stereocenters. The van der Waals surface area contributed by atoms with Crippen LogP contribution in [0.15, 0.2) is 18.2 Å². The van der Waals surface area contributed by atoms with Gasteiger partial charge in [0.1, 0.15) is 5.78 Å². The zero-order chi connectivity index (χ0) is 13.0. The molecular weight excluding hydrogens is 254 g/mol. The van der Waals surface area contributed by atoms with Crippen LogP contribution in [0.3, 0.4) is 0 Å². The Morgan fingerprint density at radius 3 is 2.72 bits per heavy atom. The quantitative estimate of drug-likeness (QED) is 0.810. The normalized spacial score (nSPS) is 16.1. The van der Waals surface area contributed by atoms with Gasteiger partial charge in [0, 0.05) is 11.7 Å². The minimum Gasteiger partial charge on any atom is -0.298 e. The fraction of sp³-hybridized carbons (Fsp3) is 0.500. The van der Waals surface area contributed by atoms with E-state index >= 15 is 0 Å². The number of benzene rings is 1. The third kappa shape index (κ3) is 3.55. The summed E-state index contributed by atoms with van der Waals surface area (Å²) in [6, 6.07) is 3.97. The second-order valence-corrected chi connectivity index (χ2v) is 5.93. The van der Waals surface area contributed by atoms with E-state index in [1.54, 1.807) is 11.8 Å². The fourth-order valence-corrected chi connectivity index (χ4v) is 3.40. The van der Waals surface area contributed by atoms with Crippen LogP contribution in [0.2, 0.25) is 0 Å². The van der Waals surface area contributed by atoms with Crippen LogP contribution >= 0.6 is 11.8 Å². The standard InChI is InChI=1S/C14H16F2OS/c15-13-7-3-4-10(14(13)16)8-11(17)9-18-12-5-1-2-6-12/h3-4,7,12H,1-2,5-6,8-9H2. The van der Waals surface area contributed by atoms with Gasteiger partial charge in [0.25, 0.3) is 0 Å². The number of Topliss-reactive ketones (excluding diaryl/α,β-unsaturated/α-hetero) is 1. The number of halogens is 2. The number of carbonyl (C=O) groups is 1. The molecule has 0 heterocycles. The number of ketones is 1. The highest BCUT2D eigenvalue weighted by molar-refractivity contribution is 8.00. The average Bonchev–Trinajstić information content (AvgIpc) is 2.86. The lowest BCUT2D eigenvalue weighted by Gasteiger charge is -2.08. The molecule has 0 aliphatic heterocycles. The Balaban J connectivity index is 1.84. The molecule has 0 N–H and O–H groups in total. The molecule has 1 aliphatic carbocycles. The maximum absolute atomic E-state index is 13.4. The lowest BCUT2D eigenvalue weighted by Crippen LogP contribution is -2.10. The van der Waals surface area contributed by atoms with Gasteiger partial charge in [-0.05, 0) is 24.5 Å². The Kier molecular flexibility index (Phi) is 4.75. The molecule has 1 saturated carbocycles. The van der Waals surface area contributed by atoms with E-state index in [1.165, 1.54) is 37.8 Å². The maximum Gasteiger partial charge on any atom is 0.162 e. The zero-order valence-electron chi connectivity index (χ0n) is 10.1. The molecule has 1 nitrogen and oxygen atoms in total. The van der Waals surface area contributed by atoms with Crippen molar-refractivity contribution >= 4 is 17.5 Å². The van der Waals surface area contributed by atoms with Gasteiger partial charge in [0.05, 0.1) is 5.75 Å². The molecule has 2 rings (SSSR count). The van der Waals surface area contributed by atoms with Gasteiger partial charge >= 0.3 is 0 Å². The predicted octanol–water partition coefficient (Wildman–Crippen LogP) is 3.75. The molecule has 0 radical (unpaired) electrons. The van der Waals surface area contributed by atoms with E-state index < -0.39 is 11.6 Å². The zero-order valence-corrected chi connectivity index (χ0v) is 10.9. The van der Waals surface area contributed by atoms with Crippen LogP contribution in [0.4, 0.5) is 8.78 Å². The lowest BCUT2D eigenvalue weighted by molar-refractivity contribution is -0.116. The molecule has 0 aromatic heterocycles. The highest BCUT2D eigenvalue weighted by atomic mass is 32.2. The number of thioether (sulfide) groups is 1. The fourth-order valence-electron chi connectivity index (χ4n) is 2.21. The van der Waals surface area contributed by atoms with Crippen molar-refractivity contribution in [2.75, 3.05) is 5.75 Å². The first-order chi connectivity index (χ1) is 8.66. The van der Waals surface area contributed by atoms with Crippen LogP contribution in [0.25, 0.3) is 0 Å². The van der Waals surface area contributed by atoms with Gasteiger partial charge in [-0.1, -0.05) is 25.0 Å². The molecule has 0 bridgehead atoms. The number of carbonyl (C=O) groups excluding carboxylic acids is 1. The van der Waals surface area contributed by atoms with Crippen molar-refractivity contribution in [3.05, 3.63) is 35.4 Å². The first-order valence-corrected chi connectivity index (χ1v) is 7.28. The monoisotopic (exact) mass is 270 g/mol. The molecule has 4 heteroatoms. The van der Waals surface area contributed by atoms with E-state index in [4.69, 9.17) is 0 Å². The van der Waals surface area contributed by atoms with Crippen LogP contribution in [-0.2, 0) is 11.2 Å². The van der Waals surface area contributed by atoms with E-state index in [0.717, 1.165) is 6.07 Å². The highest BCUT2D eigenvalue weighted by Gasteiger charge is 2.17. The number of hydrogen-bond acceptors (Lipinski definition) is 2. The van der Waals surface area contributed by atoms with E-state index in [2.05, 4.69) is 0 Å². The van der Waals surface area contributed by atoms with Crippen molar-refractivity contribution < 1.29 is 13.6 Å². The second-order valence-electron chi connectivity index (χ2n) is 4.65. The van der Waals surface area contributed by atoms with Gasteiger partial charge in [-0.2, -0.15) is 11.8 Å². The molecular formula is C14H16F2OS. The Bertz CT molecular complexity index is 428. The van der Waals surface area contributed by atoms with Crippen molar-refractivity contribution in [1.29, 1.82) is 0 Å². The van der Waals surface area contributed by atoms with Gasteiger partial charge in [-0.25, -0.2) is 8.78 Å². The number of hydrogen-bond donors (Lipinski definition) is 0. The SMILES string of the molecule is O=C(CSC1CCCC1)Cc1cccc(F)c1F. The minimum absolute atomic E-state index is 0.0106. The van der Waals surface area contributed by atoms with Crippen LogP contribution in [-0.4, -0.2) is 16.8 Å². The summed E-state index contributed by atoms with van der Waals surface area (Å²) < 4.78 is 26.3. The van der Waals surface area contributed by atoms with Gasteiger partial charge in [-0.15, -0.1) is 0 Å². The lowest BCUT2D eigenvalue weighted by atomic mass is 10.1. The smallest absolute Gasteiger partial charge is 0.162 e. The Hall–Kier alpha value is -0.900. The molecule has 1 aromatic carbocycles. The van der Waals surface area contributed by atoms with Gasteiger partial charge < -0.3 is 0 Å². The number of rotatable bonds is 5. The summed E-state index contributed by atoms with van der Waals surface area (Å²) in [7, 11) is 0. The van der Waals surface area contributed by atoms with E-state index in [1.807, 2.05) is 0 Å². The van der Waals surface area contributed by atoms with Crippen molar-refractivity contribution in [2.45, 2.75) is 37.4 Å².